The van der Waals surface area contributed by atoms with Crippen LogP contribution in [0.3, 0.4) is 0 Å². The minimum absolute atomic E-state index is 0.579. The van der Waals surface area contributed by atoms with E-state index in [0.717, 1.165) is 0 Å². The third-order valence-electron chi connectivity index (χ3n) is 1.20. The van der Waals surface area contributed by atoms with Crippen molar-refractivity contribution in [1.82, 2.24) is 4.98 Å². The standard InChI is InChI=1S/C8H10N2O/c1-7(9-2)11-8-5-3-4-6-10-8/h3-6H,1-2H3. The molecule has 0 spiro atoms. The minimum Gasteiger partial charge on any atom is -0.425 e. The molecule has 0 aliphatic heterocycles. The highest BCUT2D eigenvalue weighted by Gasteiger charge is 1.93. The van der Waals surface area contributed by atoms with Crippen molar-refractivity contribution in [3.63, 3.8) is 0 Å². The maximum Gasteiger partial charge on any atom is 0.220 e. The van der Waals surface area contributed by atoms with E-state index in [0.29, 0.717) is 11.8 Å². The Balaban J connectivity index is 2.65. The van der Waals surface area contributed by atoms with Crippen LogP contribution in [0.15, 0.2) is 29.4 Å². The Morgan fingerprint density at radius 2 is 2.36 bits per heavy atom. The molecule has 58 valence electrons. The first-order chi connectivity index (χ1) is 5.33. The lowest BCUT2D eigenvalue weighted by Crippen LogP contribution is -2.03. The van der Waals surface area contributed by atoms with E-state index in [4.69, 9.17) is 4.74 Å². The molecular weight excluding hydrogens is 140 g/mol. The first kappa shape index (κ1) is 7.72. The van der Waals surface area contributed by atoms with E-state index >= 15 is 0 Å². The Morgan fingerprint density at radius 3 is 2.91 bits per heavy atom. The lowest BCUT2D eigenvalue weighted by molar-refractivity contribution is 0.522. The number of aliphatic imine (C=N–C) groups is 1. The van der Waals surface area contributed by atoms with E-state index in [1.807, 2.05) is 12.1 Å². The van der Waals surface area contributed by atoms with Crippen molar-refractivity contribution >= 4 is 5.90 Å². The average molecular weight is 150 g/mol. The highest BCUT2D eigenvalue weighted by molar-refractivity contribution is 5.75. The molecule has 3 heteroatoms. The summed E-state index contributed by atoms with van der Waals surface area (Å²) in [6, 6.07) is 5.49. The Labute approximate surface area is 65.8 Å². The van der Waals surface area contributed by atoms with Crippen LogP contribution in [0, 0.1) is 0 Å². The van der Waals surface area contributed by atoms with Crippen molar-refractivity contribution in [2.45, 2.75) is 6.92 Å². The molecule has 1 aromatic rings. The zero-order valence-corrected chi connectivity index (χ0v) is 6.61. The largest absolute Gasteiger partial charge is 0.425 e. The summed E-state index contributed by atoms with van der Waals surface area (Å²) in [5, 5.41) is 0. The van der Waals surface area contributed by atoms with Gasteiger partial charge in [0.05, 0.1) is 0 Å². The first-order valence-corrected chi connectivity index (χ1v) is 3.35. The van der Waals surface area contributed by atoms with Gasteiger partial charge in [-0.15, -0.1) is 0 Å². The van der Waals surface area contributed by atoms with Gasteiger partial charge in [0.2, 0.25) is 5.88 Å². The Hall–Kier alpha value is -1.38. The van der Waals surface area contributed by atoms with Crippen LogP contribution in [0.5, 0.6) is 5.88 Å². The molecule has 0 atom stereocenters. The molecular formula is C8H10N2O. The summed E-state index contributed by atoms with van der Waals surface area (Å²) >= 11 is 0. The molecule has 0 saturated heterocycles. The summed E-state index contributed by atoms with van der Waals surface area (Å²) in [5.41, 5.74) is 0. The number of pyridine rings is 1. The second-order valence-electron chi connectivity index (χ2n) is 2.01. The minimum atomic E-state index is 0.579. The van der Waals surface area contributed by atoms with Gasteiger partial charge in [-0.1, -0.05) is 6.07 Å². The van der Waals surface area contributed by atoms with Crippen molar-refractivity contribution in [2.24, 2.45) is 4.99 Å². The molecule has 0 fully saturated rings. The average Bonchev–Trinajstić information content (AvgIpc) is 2.06. The Morgan fingerprint density at radius 1 is 1.55 bits per heavy atom. The molecule has 0 radical (unpaired) electrons. The van der Waals surface area contributed by atoms with Crippen LogP contribution in [0.25, 0.3) is 0 Å². The van der Waals surface area contributed by atoms with Gasteiger partial charge < -0.3 is 4.74 Å². The van der Waals surface area contributed by atoms with Gasteiger partial charge in [0.1, 0.15) is 0 Å². The van der Waals surface area contributed by atoms with Crippen LogP contribution < -0.4 is 4.74 Å². The van der Waals surface area contributed by atoms with Crippen molar-refractivity contribution in [3.05, 3.63) is 24.4 Å². The zero-order valence-electron chi connectivity index (χ0n) is 6.61. The van der Waals surface area contributed by atoms with Gasteiger partial charge >= 0.3 is 0 Å². The third-order valence-corrected chi connectivity index (χ3v) is 1.20. The van der Waals surface area contributed by atoms with Crippen LogP contribution in [-0.4, -0.2) is 17.9 Å². The monoisotopic (exact) mass is 150 g/mol. The van der Waals surface area contributed by atoms with Gasteiger partial charge in [0.15, 0.2) is 5.90 Å². The molecule has 0 aromatic carbocycles. The molecule has 1 aromatic heterocycles. The third kappa shape index (κ3) is 2.37. The van der Waals surface area contributed by atoms with Gasteiger partial charge in [-0.25, -0.2) is 4.98 Å². The van der Waals surface area contributed by atoms with Crippen molar-refractivity contribution in [3.8, 4) is 5.88 Å². The topological polar surface area (TPSA) is 34.5 Å². The van der Waals surface area contributed by atoms with Crippen LogP contribution in [-0.2, 0) is 0 Å². The summed E-state index contributed by atoms with van der Waals surface area (Å²) in [7, 11) is 1.68. The summed E-state index contributed by atoms with van der Waals surface area (Å²) in [4.78, 5) is 7.80. The Bertz CT molecular complexity index is 244. The molecule has 11 heavy (non-hydrogen) atoms. The number of hydrogen-bond donors (Lipinski definition) is 0. The fourth-order valence-corrected chi connectivity index (χ4v) is 0.604. The van der Waals surface area contributed by atoms with Crippen LogP contribution >= 0.6 is 0 Å². The Kier molecular flexibility index (Phi) is 2.60. The summed E-state index contributed by atoms with van der Waals surface area (Å²) in [6.07, 6.45) is 1.68. The molecule has 0 aliphatic rings. The molecule has 0 N–H and O–H groups in total. The molecule has 3 nitrogen and oxygen atoms in total. The van der Waals surface area contributed by atoms with Gasteiger partial charge in [-0.3, -0.25) is 4.99 Å². The highest BCUT2D eigenvalue weighted by atomic mass is 16.5. The first-order valence-electron chi connectivity index (χ1n) is 3.35. The summed E-state index contributed by atoms with van der Waals surface area (Å²) in [6.45, 7) is 1.79. The molecule has 1 rings (SSSR count). The van der Waals surface area contributed by atoms with E-state index in [1.165, 1.54) is 0 Å². The van der Waals surface area contributed by atoms with E-state index in [2.05, 4.69) is 9.98 Å². The van der Waals surface area contributed by atoms with Crippen LogP contribution in [0.1, 0.15) is 6.92 Å². The molecule has 0 bridgehead atoms. The number of aromatic nitrogens is 1. The number of hydrogen-bond acceptors (Lipinski definition) is 3. The summed E-state index contributed by atoms with van der Waals surface area (Å²) < 4.78 is 5.20. The summed E-state index contributed by atoms with van der Waals surface area (Å²) in [5.74, 6) is 1.19. The molecule has 0 saturated carbocycles. The lowest BCUT2D eigenvalue weighted by Gasteiger charge is -2.00. The van der Waals surface area contributed by atoms with Gasteiger partial charge in [-0.2, -0.15) is 0 Å². The van der Waals surface area contributed by atoms with E-state index in [9.17, 15) is 0 Å². The molecule has 1 heterocycles. The molecule has 0 amide bonds. The fraction of sp³-hybridized carbons (Fsp3) is 0.250. The maximum atomic E-state index is 5.20. The van der Waals surface area contributed by atoms with Crippen molar-refractivity contribution in [2.75, 3.05) is 7.05 Å². The fourth-order valence-electron chi connectivity index (χ4n) is 0.604. The van der Waals surface area contributed by atoms with Crippen LogP contribution in [0.4, 0.5) is 0 Å². The number of nitrogens with zero attached hydrogens (tertiary/aromatic N) is 2. The maximum absolute atomic E-state index is 5.20. The van der Waals surface area contributed by atoms with Gasteiger partial charge in [0, 0.05) is 26.2 Å². The van der Waals surface area contributed by atoms with E-state index in [1.54, 1.807) is 26.2 Å². The zero-order chi connectivity index (χ0) is 8.10. The van der Waals surface area contributed by atoms with Gasteiger partial charge in [0.25, 0.3) is 0 Å². The van der Waals surface area contributed by atoms with Gasteiger partial charge in [-0.05, 0) is 6.07 Å². The molecule has 0 unspecified atom stereocenters. The van der Waals surface area contributed by atoms with Crippen molar-refractivity contribution < 1.29 is 4.74 Å². The highest BCUT2D eigenvalue weighted by Crippen LogP contribution is 2.02. The predicted molar refractivity (Wildman–Crippen MR) is 43.9 cm³/mol. The smallest absolute Gasteiger partial charge is 0.220 e. The quantitative estimate of drug-likeness (QED) is 0.449. The SMILES string of the molecule is CN=C(C)Oc1ccccn1. The lowest BCUT2D eigenvalue weighted by atomic mass is 10.5. The normalized spacial score (nSPS) is 11.3. The van der Waals surface area contributed by atoms with E-state index in [-0.39, 0.29) is 0 Å². The number of rotatable bonds is 1. The second kappa shape index (κ2) is 3.71. The van der Waals surface area contributed by atoms with E-state index < -0.39 is 0 Å². The second-order valence-corrected chi connectivity index (χ2v) is 2.01. The number of ether oxygens (including phenoxy) is 1. The predicted octanol–water partition coefficient (Wildman–Crippen LogP) is 1.51. The molecule has 0 aliphatic carbocycles. The van der Waals surface area contributed by atoms with Crippen LogP contribution in [0.2, 0.25) is 0 Å². The van der Waals surface area contributed by atoms with Crippen molar-refractivity contribution in [1.29, 1.82) is 0 Å².